The SMILES string of the molecule is O=C(CN1C(=O)CSc2ccccc21)Nc1cccc(C(=O)Nc2cccc(C(F)(F)F)c2)c1. The predicted molar refractivity (Wildman–Crippen MR) is 124 cm³/mol. The third-order valence-electron chi connectivity index (χ3n) is 4.97. The van der Waals surface area contributed by atoms with Crippen molar-refractivity contribution < 1.29 is 27.6 Å². The Bertz CT molecular complexity index is 1260. The molecule has 34 heavy (non-hydrogen) atoms. The second kappa shape index (κ2) is 9.60. The standard InChI is InChI=1S/C24H18F3N3O3S/c25-24(26,27)16-6-4-8-18(12-16)29-23(33)15-5-3-7-17(11-15)28-21(31)13-30-19-9-1-2-10-20(19)34-14-22(30)32/h1-12H,13-14H2,(H,28,31)(H,29,33). The number of benzene rings is 3. The van der Waals surface area contributed by atoms with Crippen LogP contribution in [0, 0.1) is 0 Å². The molecule has 0 saturated carbocycles. The average molecular weight is 485 g/mol. The molecule has 3 aromatic carbocycles. The van der Waals surface area contributed by atoms with Gasteiger partial charge in [0.05, 0.1) is 17.0 Å². The maximum atomic E-state index is 12.9. The average Bonchev–Trinajstić information content (AvgIpc) is 2.81. The van der Waals surface area contributed by atoms with Crippen molar-refractivity contribution in [2.45, 2.75) is 11.1 Å². The molecule has 1 aliphatic rings. The quantitative estimate of drug-likeness (QED) is 0.531. The van der Waals surface area contributed by atoms with Gasteiger partial charge in [0.1, 0.15) is 6.54 Å². The predicted octanol–water partition coefficient (Wildman–Crippen LogP) is 5.04. The van der Waals surface area contributed by atoms with Gasteiger partial charge in [-0.15, -0.1) is 11.8 Å². The molecule has 3 aromatic rings. The van der Waals surface area contributed by atoms with E-state index in [2.05, 4.69) is 10.6 Å². The van der Waals surface area contributed by atoms with Gasteiger partial charge >= 0.3 is 6.18 Å². The van der Waals surface area contributed by atoms with Gasteiger partial charge in [-0.2, -0.15) is 13.2 Å². The Balaban J connectivity index is 1.43. The number of nitrogens with one attached hydrogen (secondary N) is 2. The van der Waals surface area contributed by atoms with E-state index in [-0.39, 0.29) is 29.5 Å². The molecule has 0 spiro atoms. The molecule has 174 valence electrons. The van der Waals surface area contributed by atoms with Gasteiger partial charge in [-0.25, -0.2) is 0 Å². The number of carbonyl (C=O) groups excluding carboxylic acids is 3. The highest BCUT2D eigenvalue weighted by molar-refractivity contribution is 8.00. The number of hydrogen-bond donors (Lipinski definition) is 2. The highest BCUT2D eigenvalue weighted by Crippen LogP contribution is 2.35. The number of fused-ring (bicyclic) bond motifs is 1. The topological polar surface area (TPSA) is 78.5 Å². The first-order valence-corrected chi connectivity index (χ1v) is 11.1. The number of carbonyl (C=O) groups is 3. The second-order valence-corrected chi connectivity index (χ2v) is 8.42. The Morgan fingerprint density at radius 2 is 1.62 bits per heavy atom. The molecule has 0 atom stereocenters. The van der Waals surface area contributed by atoms with E-state index in [1.807, 2.05) is 12.1 Å². The lowest BCUT2D eigenvalue weighted by Crippen LogP contribution is -2.41. The molecule has 2 N–H and O–H groups in total. The van der Waals surface area contributed by atoms with E-state index in [0.29, 0.717) is 11.4 Å². The van der Waals surface area contributed by atoms with Crippen molar-refractivity contribution in [2.75, 3.05) is 27.8 Å². The van der Waals surface area contributed by atoms with Crippen LogP contribution in [0.15, 0.2) is 77.7 Å². The van der Waals surface area contributed by atoms with Crippen molar-refractivity contribution in [1.82, 2.24) is 0 Å². The van der Waals surface area contributed by atoms with E-state index in [9.17, 15) is 27.6 Å². The van der Waals surface area contributed by atoms with Crippen LogP contribution in [0.25, 0.3) is 0 Å². The second-order valence-electron chi connectivity index (χ2n) is 7.40. The highest BCUT2D eigenvalue weighted by Gasteiger charge is 2.30. The van der Waals surface area contributed by atoms with E-state index >= 15 is 0 Å². The van der Waals surface area contributed by atoms with Gasteiger partial charge in [0.15, 0.2) is 0 Å². The molecule has 3 amide bonds. The molecule has 0 aromatic heterocycles. The fourth-order valence-corrected chi connectivity index (χ4v) is 4.32. The van der Waals surface area contributed by atoms with Gasteiger partial charge in [-0.3, -0.25) is 14.4 Å². The van der Waals surface area contributed by atoms with Crippen LogP contribution in [0.5, 0.6) is 0 Å². The first-order valence-electron chi connectivity index (χ1n) is 10.1. The fourth-order valence-electron chi connectivity index (χ4n) is 3.39. The summed E-state index contributed by atoms with van der Waals surface area (Å²) in [5.41, 5.74) is 0.237. The molecule has 1 heterocycles. The minimum absolute atomic E-state index is 0.00518. The molecule has 0 fully saturated rings. The van der Waals surface area contributed by atoms with E-state index in [4.69, 9.17) is 0 Å². The summed E-state index contributed by atoms with van der Waals surface area (Å²) in [5.74, 6) is -1.04. The normalized spacial score (nSPS) is 13.3. The summed E-state index contributed by atoms with van der Waals surface area (Å²) < 4.78 is 38.7. The summed E-state index contributed by atoms with van der Waals surface area (Å²) in [6.07, 6.45) is -4.53. The van der Waals surface area contributed by atoms with Crippen LogP contribution in [0.4, 0.5) is 30.2 Å². The number of rotatable bonds is 5. The lowest BCUT2D eigenvalue weighted by atomic mass is 10.1. The van der Waals surface area contributed by atoms with Crippen LogP contribution in [-0.4, -0.2) is 30.0 Å². The first kappa shape index (κ1) is 23.4. The van der Waals surface area contributed by atoms with Crippen molar-refractivity contribution in [2.24, 2.45) is 0 Å². The van der Waals surface area contributed by atoms with Crippen LogP contribution in [-0.2, 0) is 15.8 Å². The summed E-state index contributed by atoms with van der Waals surface area (Å²) in [6.45, 7) is -0.197. The summed E-state index contributed by atoms with van der Waals surface area (Å²) in [7, 11) is 0. The number of thioether (sulfide) groups is 1. The maximum absolute atomic E-state index is 12.9. The Kier molecular flexibility index (Phi) is 6.60. The third kappa shape index (κ3) is 5.40. The number of para-hydroxylation sites is 1. The Hall–Kier alpha value is -3.79. The number of nitrogens with zero attached hydrogens (tertiary/aromatic N) is 1. The summed E-state index contributed by atoms with van der Waals surface area (Å²) in [6, 6.07) is 17.6. The van der Waals surface area contributed by atoms with Crippen LogP contribution in [0.3, 0.4) is 0 Å². The van der Waals surface area contributed by atoms with Gasteiger partial charge in [0, 0.05) is 21.8 Å². The van der Waals surface area contributed by atoms with Crippen LogP contribution >= 0.6 is 11.8 Å². The lowest BCUT2D eigenvalue weighted by molar-refractivity contribution is -0.137. The van der Waals surface area contributed by atoms with Gasteiger partial charge in [-0.1, -0.05) is 24.3 Å². The minimum atomic E-state index is -4.53. The number of halogens is 3. The van der Waals surface area contributed by atoms with Gasteiger partial charge in [0.25, 0.3) is 5.91 Å². The molecular formula is C24H18F3N3O3S. The number of alkyl halides is 3. The molecule has 10 heteroatoms. The molecule has 0 bridgehead atoms. The van der Waals surface area contributed by atoms with Gasteiger partial charge in [0.2, 0.25) is 11.8 Å². The van der Waals surface area contributed by atoms with Crippen molar-refractivity contribution >= 4 is 46.5 Å². The van der Waals surface area contributed by atoms with Gasteiger partial charge in [-0.05, 0) is 48.5 Å². The van der Waals surface area contributed by atoms with Crippen LogP contribution in [0.1, 0.15) is 15.9 Å². The molecule has 0 unspecified atom stereocenters. The Morgan fingerprint density at radius 1 is 0.912 bits per heavy atom. The molecule has 1 aliphatic heterocycles. The number of anilines is 3. The fraction of sp³-hybridized carbons (Fsp3) is 0.125. The third-order valence-corrected chi connectivity index (χ3v) is 6.01. The maximum Gasteiger partial charge on any atom is 0.416 e. The molecule has 4 rings (SSSR count). The van der Waals surface area contributed by atoms with Crippen molar-refractivity contribution in [3.63, 3.8) is 0 Å². The Morgan fingerprint density at radius 3 is 2.38 bits per heavy atom. The van der Waals surface area contributed by atoms with Gasteiger partial charge < -0.3 is 15.5 Å². The van der Waals surface area contributed by atoms with Crippen LogP contribution < -0.4 is 15.5 Å². The number of hydrogen-bond acceptors (Lipinski definition) is 4. The zero-order chi connectivity index (χ0) is 24.3. The highest BCUT2D eigenvalue weighted by atomic mass is 32.2. The van der Waals surface area contributed by atoms with E-state index in [1.165, 1.54) is 47.0 Å². The van der Waals surface area contributed by atoms with E-state index < -0.39 is 23.6 Å². The first-order chi connectivity index (χ1) is 16.2. The lowest BCUT2D eigenvalue weighted by Gasteiger charge is -2.28. The largest absolute Gasteiger partial charge is 0.416 e. The molecule has 6 nitrogen and oxygen atoms in total. The van der Waals surface area contributed by atoms with Crippen molar-refractivity contribution in [3.8, 4) is 0 Å². The summed E-state index contributed by atoms with van der Waals surface area (Å²) in [5, 5.41) is 5.09. The minimum Gasteiger partial charge on any atom is -0.325 e. The summed E-state index contributed by atoms with van der Waals surface area (Å²) >= 11 is 1.41. The summed E-state index contributed by atoms with van der Waals surface area (Å²) in [4.78, 5) is 39.8. The zero-order valence-electron chi connectivity index (χ0n) is 17.6. The van der Waals surface area contributed by atoms with Crippen molar-refractivity contribution in [3.05, 3.63) is 83.9 Å². The van der Waals surface area contributed by atoms with E-state index in [0.717, 1.165) is 17.0 Å². The van der Waals surface area contributed by atoms with Crippen molar-refractivity contribution in [1.29, 1.82) is 0 Å². The van der Waals surface area contributed by atoms with E-state index in [1.54, 1.807) is 18.2 Å². The van der Waals surface area contributed by atoms with Crippen LogP contribution in [0.2, 0.25) is 0 Å². The molecular weight excluding hydrogens is 467 g/mol. The zero-order valence-corrected chi connectivity index (χ0v) is 18.4. The Labute approximate surface area is 197 Å². The molecule has 0 aliphatic carbocycles. The smallest absolute Gasteiger partial charge is 0.325 e. The molecule has 0 saturated heterocycles. The number of amides is 3. The monoisotopic (exact) mass is 485 g/mol. The molecule has 0 radical (unpaired) electrons.